The minimum absolute atomic E-state index is 0.0921. The number of benzene rings is 1. The molecule has 1 aromatic rings. The molecule has 2 rings (SSSR count). The van der Waals surface area contributed by atoms with Gasteiger partial charge in [0, 0.05) is 20.2 Å². The molecular formula is C17H22N2O4. The highest BCUT2D eigenvalue weighted by atomic mass is 16.5. The summed E-state index contributed by atoms with van der Waals surface area (Å²) < 4.78 is 16.5. The van der Waals surface area contributed by atoms with Gasteiger partial charge in [-0.1, -0.05) is 12.1 Å². The van der Waals surface area contributed by atoms with Crippen LogP contribution in [0.1, 0.15) is 24.2 Å². The fourth-order valence-electron chi connectivity index (χ4n) is 2.77. The first-order chi connectivity index (χ1) is 11.0. The first-order valence-corrected chi connectivity index (χ1v) is 7.51. The van der Waals surface area contributed by atoms with Crippen LogP contribution in [0.15, 0.2) is 24.3 Å². The molecular weight excluding hydrogens is 296 g/mol. The Bertz CT molecular complexity index is 595. The van der Waals surface area contributed by atoms with E-state index in [9.17, 15) is 4.79 Å². The SMILES string of the molecule is COC[C@@H]1CN(C(=O)c2ccccc2OCC#N)CC(C)(C)O1. The molecule has 0 aliphatic carbocycles. The van der Waals surface area contributed by atoms with E-state index in [1.54, 1.807) is 36.3 Å². The summed E-state index contributed by atoms with van der Waals surface area (Å²) in [6.45, 7) is 5.19. The van der Waals surface area contributed by atoms with Crippen LogP contribution in [0.4, 0.5) is 0 Å². The lowest BCUT2D eigenvalue weighted by atomic mass is 10.0. The van der Waals surface area contributed by atoms with Gasteiger partial charge in [0.2, 0.25) is 0 Å². The quantitative estimate of drug-likeness (QED) is 0.828. The van der Waals surface area contributed by atoms with Gasteiger partial charge in [-0.15, -0.1) is 0 Å². The predicted octanol–water partition coefficient (Wildman–Crippen LogP) is 1.85. The van der Waals surface area contributed by atoms with Crippen molar-refractivity contribution >= 4 is 5.91 Å². The van der Waals surface area contributed by atoms with Gasteiger partial charge in [-0.25, -0.2) is 0 Å². The van der Waals surface area contributed by atoms with Crippen molar-refractivity contribution in [1.29, 1.82) is 5.26 Å². The number of amides is 1. The normalized spacial score (nSPS) is 19.9. The van der Waals surface area contributed by atoms with Crippen LogP contribution >= 0.6 is 0 Å². The second kappa shape index (κ2) is 7.44. The Labute approximate surface area is 136 Å². The van der Waals surface area contributed by atoms with Crippen LogP contribution in [-0.2, 0) is 9.47 Å². The monoisotopic (exact) mass is 318 g/mol. The third-order valence-electron chi connectivity index (χ3n) is 3.53. The largest absolute Gasteiger partial charge is 0.478 e. The molecule has 0 N–H and O–H groups in total. The molecule has 124 valence electrons. The first-order valence-electron chi connectivity index (χ1n) is 7.51. The molecule has 6 nitrogen and oxygen atoms in total. The van der Waals surface area contributed by atoms with E-state index in [0.29, 0.717) is 31.0 Å². The van der Waals surface area contributed by atoms with Gasteiger partial charge >= 0.3 is 0 Å². The summed E-state index contributed by atoms with van der Waals surface area (Å²) in [6, 6.07) is 8.88. The molecule has 0 spiro atoms. The van der Waals surface area contributed by atoms with Gasteiger partial charge in [0.05, 0.1) is 23.9 Å². The van der Waals surface area contributed by atoms with E-state index in [1.807, 2.05) is 19.9 Å². The Morgan fingerprint density at radius 2 is 2.22 bits per heavy atom. The molecule has 1 aliphatic heterocycles. The van der Waals surface area contributed by atoms with Crippen LogP contribution in [0.25, 0.3) is 0 Å². The van der Waals surface area contributed by atoms with Gasteiger partial charge in [-0.05, 0) is 26.0 Å². The summed E-state index contributed by atoms with van der Waals surface area (Å²) in [7, 11) is 1.61. The average molecular weight is 318 g/mol. The van der Waals surface area contributed by atoms with Crippen molar-refractivity contribution in [3.63, 3.8) is 0 Å². The summed E-state index contributed by atoms with van der Waals surface area (Å²) >= 11 is 0. The zero-order valence-electron chi connectivity index (χ0n) is 13.7. The van der Waals surface area contributed by atoms with Crippen molar-refractivity contribution in [1.82, 2.24) is 4.90 Å². The van der Waals surface area contributed by atoms with E-state index < -0.39 is 5.60 Å². The molecule has 6 heteroatoms. The molecule has 1 saturated heterocycles. The Morgan fingerprint density at radius 3 is 2.91 bits per heavy atom. The van der Waals surface area contributed by atoms with Crippen LogP contribution < -0.4 is 4.74 Å². The minimum atomic E-state index is -0.445. The average Bonchev–Trinajstić information content (AvgIpc) is 2.51. The number of nitriles is 1. The van der Waals surface area contributed by atoms with Crippen LogP contribution in [0.2, 0.25) is 0 Å². The molecule has 23 heavy (non-hydrogen) atoms. The van der Waals surface area contributed by atoms with Gasteiger partial charge in [0.25, 0.3) is 5.91 Å². The standard InChI is InChI=1S/C17H22N2O4/c1-17(2)12-19(10-13(23-17)11-21-3)16(20)14-6-4-5-7-15(14)22-9-8-18/h4-7,13H,9-12H2,1-3H3/t13-/m0/s1. The minimum Gasteiger partial charge on any atom is -0.478 e. The van der Waals surface area contributed by atoms with Crippen molar-refractivity contribution in [2.45, 2.75) is 25.6 Å². The number of carbonyl (C=O) groups is 1. The molecule has 0 bridgehead atoms. The number of methoxy groups -OCH3 is 1. The molecule has 1 heterocycles. The van der Waals surface area contributed by atoms with Crippen LogP contribution in [0.3, 0.4) is 0 Å². The Balaban J connectivity index is 2.20. The number of ether oxygens (including phenoxy) is 3. The molecule has 1 aliphatic rings. The van der Waals surface area contributed by atoms with Crippen molar-refractivity contribution in [3.05, 3.63) is 29.8 Å². The highest BCUT2D eigenvalue weighted by molar-refractivity contribution is 5.97. The van der Waals surface area contributed by atoms with Crippen molar-refractivity contribution < 1.29 is 19.0 Å². The van der Waals surface area contributed by atoms with E-state index in [1.165, 1.54) is 0 Å². The smallest absolute Gasteiger partial charge is 0.257 e. The van der Waals surface area contributed by atoms with Crippen LogP contribution in [0.5, 0.6) is 5.75 Å². The second-order valence-electron chi connectivity index (χ2n) is 6.08. The molecule has 0 aromatic heterocycles. The summed E-state index contributed by atoms with van der Waals surface area (Å²) in [6.07, 6.45) is -0.167. The fraction of sp³-hybridized carbons (Fsp3) is 0.529. The van der Waals surface area contributed by atoms with Gasteiger partial charge in [-0.2, -0.15) is 5.26 Å². The van der Waals surface area contributed by atoms with E-state index in [2.05, 4.69) is 0 Å². The lowest BCUT2D eigenvalue weighted by Crippen LogP contribution is -2.55. The third-order valence-corrected chi connectivity index (χ3v) is 3.53. The van der Waals surface area contributed by atoms with Gasteiger partial charge in [0.15, 0.2) is 6.61 Å². The van der Waals surface area contributed by atoms with Crippen LogP contribution in [0, 0.1) is 11.3 Å². The Kier molecular flexibility index (Phi) is 5.59. The third kappa shape index (κ3) is 4.44. The number of carbonyl (C=O) groups excluding carboxylic acids is 1. The van der Waals surface area contributed by atoms with Crippen molar-refractivity contribution in [2.75, 3.05) is 33.4 Å². The van der Waals surface area contributed by atoms with Gasteiger partial charge < -0.3 is 19.1 Å². The van der Waals surface area contributed by atoms with Crippen molar-refractivity contribution in [3.8, 4) is 11.8 Å². The maximum Gasteiger partial charge on any atom is 0.257 e. The maximum absolute atomic E-state index is 12.9. The van der Waals surface area contributed by atoms with Crippen LogP contribution in [-0.4, -0.2) is 55.9 Å². The highest BCUT2D eigenvalue weighted by Gasteiger charge is 2.36. The summed E-state index contributed by atoms with van der Waals surface area (Å²) in [5.41, 5.74) is 0.0103. The molecule has 1 atom stereocenters. The molecule has 0 unspecified atom stereocenters. The lowest BCUT2D eigenvalue weighted by molar-refractivity contribution is -0.143. The Hall–Kier alpha value is -2.10. The second-order valence-corrected chi connectivity index (χ2v) is 6.08. The summed E-state index contributed by atoms with van der Waals surface area (Å²) in [5.74, 6) is 0.294. The zero-order valence-corrected chi connectivity index (χ0v) is 13.7. The maximum atomic E-state index is 12.9. The lowest BCUT2D eigenvalue weighted by Gasteiger charge is -2.42. The number of rotatable bonds is 5. The predicted molar refractivity (Wildman–Crippen MR) is 84.3 cm³/mol. The van der Waals surface area contributed by atoms with E-state index in [-0.39, 0.29) is 18.6 Å². The summed E-state index contributed by atoms with van der Waals surface area (Å²) in [4.78, 5) is 14.6. The number of morpholine rings is 1. The number of hydrogen-bond donors (Lipinski definition) is 0. The molecule has 0 saturated carbocycles. The van der Waals surface area contributed by atoms with Gasteiger partial charge in [0.1, 0.15) is 11.8 Å². The van der Waals surface area contributed by atoms with E-state index in [0.717, 1.165) is 0 Å². The highest BCUT2D eigenvalue weighted by Crippen LogP contribution is 2.26. The summed E-state index contributed by atoms with van der Waals surface area (Å²) in [5, 5.41) is 8.67. The van der Waals surface area contributed by atoms with E-state index >= 15 is 0 Å². The van der Waals surface area contributed by atoms with E-state index in [4.69, 9.17) is 19.5 Å². The topological polar surface area (TPSA) is 71.8 Å². The first kappa shape index (κ1) is 17.3. The number of hydrogen-bond acceptors (Lipinski definition) is 5. The van der Waals surface area contributed by atoms with Crippen molar-refractivity contribution in [2.24, 2.45) is 0 Å². The molecule has 1 amide bonds. The molecule has 1 aromatic carbocycles. The molecule has 1 fully saturated rings. The van der Waals surface area contributed by atoms with Gasteiger partial charge in [-0.3, -0.25) is 4.79 Å². The molecule has 0 radical (unpaired) electrons. The Morgan fingerprint density at radius 1 is 1.48 bits per heavy atom. The number of nitrogens with zero attached hydrogens (tertiary/aromatic N) is 2. The number of para-hydroxylation sites is 1. The fourth-order valence-corrected chi connectivity index (χ4v) is 2.77. The zero-order chi connectivity index (χ0) is 16.9.